The number of hydrogen-bond acceptors (Lipinski definition) is 5. The van der Waals surface area contributed by atoms with Crippen LogP contribution in [0.5, 0.6) is 0 Å². The Morgan fingerprint density at radius 2 is 2.17 bits per heavy atom. The zero-order chi connectivity index (χ0) is 20.8. The molecule has 0 radical (unpaired) electrons. The highest BCUT2D eigenvalue weighted by molar-refractivity contribution is 7.10. The van der Waals surface area contributed by atoms with E-state index in [-0.39, 0.29) is 0 Å². The molecule has 0 amide bonds. The summed E-state index contributed by atoms with van der Waals surface area (Å²) in [6, 6.07) is 2.78. The molecule has 2 fully saturated rings. The molecule has 0 saturated carbocycles. The van der Waals surface area contributed by atoms with Crippen LogP contribution in [-0.2, 0) is 22.4 Å². The summed E-state index contributed by atoms with van der Waals surface area (Å²) in [5.74, 6) is 1.03. The van der Waals surface area contributed by atoms with E-state index in [2.05, 4.69) is 38.5 Å². The van der Waals surface area contributed by atoms with Gasteiger partial charge in [-0.15, -0.1) is 11.3 Å². The number of nitrogens with one attached hydrogen (secondary N) is 1. The molecule has 7 heteroatoms. The molecule has 2 atom stereocenters. The Bertz CT molecular complexity index is 680. The fourth-order valence-corrected chi connectivity index (χ4v) is 5.65. The number of likely N-dealkylation sites (tertiary alicyclic amines) is 1. The summed E-state index contributed by atoms with van der Waals surface area (Å²) in [4.78, 5) is 11.1. The van der Waals surface area contributed by atoms with Crippen molar-refractivity contribution in [3.05, 3.63) is 21.9 Å². The van der Waals surface area contributed by atoms with Crippen LogP contribution >= 0.6 is 11.3 Å². The van der Waals surface area contributed by atoms with Crippen molar-refractivity contribution in [2.24, 2.45) is 4.99 Å². The van der Waals surface area contributed by atoms with Crippen LogP contribution in [0.15, 0.2) is 16.4 Å². The van der Waals surface area contributed by atoms with Crippen LogP contribution in [0.2, 0.25) is 0 Å². The van der Waals surface area contributed by atoms with Gasteiger partial charge in [-0.05, 0) is 62.5 Å². The predicted octanol–water partition coefficient (Wildman–Crippen LogP) is 3.12. The molecule has 3 aliphatic rings. The lowest BCUT2D eigenvalue weighted by atomic mass is 10.1. The van der Waals surface area contributed by atoms with Crippen LogP contribution < -0.4 is 5.32 Å². The number of thiophene rings is 1. The molecular weight excluding hydrogens is 396 g/mol. The molecule has 4 rings (SSSR count). The molecule has 4 heterocycles. The van der Waals surface area contributed by atoms with Gasteiger partial charge in [-0.1, -0.05) is 0 Å². The zero-order valence-corrected chi connectivity index (χ0v) is 19.5. The minimum Gasteiger partial charge on any atom is -0.376 e. The van der Waals surface area contributed by atoms with E-state index in [0.29, 0.717) is 18.2 Å². The quantitative estimate of drug-likeness (QED) is 0.551. The van der Waals surface area contributed by atoms with Crippen LogP contribution in [0.1, 0.15) is 49.5 Å². The van der Waals surface area contributed by atoms with Crippen molar-refractivity contribution in [1.82, 2.24) is 15.1 Å². The SMILES string of the molecule is CN=C(NCC(C)N1CCc2sccc2C1)N1CCC(OCC2CCCCO2)CC1. The molecule has 30 heavy (non-hydrogen) atoms. The molecule has 0 spiro atoms. The van der Waals surface area contributed by atoms with E-state index in [1.807, 2.05) is 18.4 Å². The molecule has 168 valence electrons. The molecule has 1 aromatic rings. The van der Waals surface area contributed by atoms with E-state index in [1.165, 1.54) is 24.8 Å². The number of nitrogens with zero attached hydrogens (tertiary/aromatic N) is 3. The van der Waals surface area contributed by atoms with E-state index in [0.717, 1.165) is 71.2 Å². The van der Waals surface area contributed by atoms with Gasteiger partial charge in [0.2, 0.25) is 0 Å². The highest BCUT2D eigenvalue weighted by Crippen LogP contribution is 2.25. The van der Waals surface area contributed by atoms with Crippen LogP contribution in [0.3, 0.4) is 0 Å². The first-order valence-electron chi connectivity index (χ1n) is 11.7. The molecule has 0 aliphatic carbocycles. The molecule has 0 bridgehead atoms. The summed E-state index contributed by atoms with van der Waals surface area (Å²) in [6.07, 6.45) is 7.62. The number of fused-ring (bicyclic) bond motifs is 1. The fourth-order valence-electron chi connectivity index (χ4n) is 4.76. The Labute approximate surface area is 185 Å². The largest absolute Gasteiger partial charge is 0.376 e. The Hall–Kier alpha value is -1.15. The van der Waals surface area contributed by atoms with E-state index in [4.69, 9.17) is 9.47 Å². The van der Waals surface area contributed by atoms with Crippen molar-refractivity contribution in [3.8, 4) is 0 Å². The Kier molecular flexibility index (Phi) is 8.04. The molecule has 3 aliphatic heterocycles. The fraction of sp³-hybridized carbons (Fsp3) is 0.783. The number of guanidine groups is 1. The highest BCUT2D eigenvalue weighted by atomic mass is 32.1. The Morgan fingerprint density at radius 1 is 1.30 bits per heavy atom. The number of piperidine rings is 1. The summed E-state index contributed by atoms with van der Waals surface area (Å²) >= 11 is 1.91. The average molecular weight is 435 g/mol. The maximum Gasteiger partial charge on any atom is 0.193 e. The lowest BCUT2D eigenvalue weighted by Gasteiger charge is -2.36. The lowest BCUT2D eigenvalue weighted by molar-refractivity contribution is -0.0721. The summed E-state index contributed by atoms with van der Waals surface area (Å²) in [7, 11) is 1.90. The first kappa shape index (κ1) is 22.1. The van der Waals surface area contributed by atoms with Crippen molar-refractivity contribution in [1.29, 1.82) is 0 Å². The topological polar surface area (TPSA) is 49.3 Å². The molecule has 2 saturated heterocycles. The van der Waals surface area contributed by atoms with Crippen LogP contribution in [-0.4, -0.2) is 80.4 Å². The Morgan fingerprint density at radius 3 is 2.93 bits per heavy atom. The van der Waals surface area contributed by atoms with Gasteiger partial charge in [-0.3, -0.25) is 9.89 Å². The number of aliphatic imine (C=N–C) groups is 1. The second-order valence-corrected chi connectivity index (χ2v) is 9.88. The van der Waals surface area contributed by atoms with Crippen molar-refractivity contribution in [3.63, 3.8) is 0 Å². The average Bonchev–Trinajstić information content (AvgIpc) is 3.27. The number of rotatable bonds is 6. The van der Waals surface area contributed by atoms with Crippen LogP contribution in [0.25, 0.3) is 0 Å². The van der Waals surface area contributed by atoms with E-state index >= 15 is 0 Å². The predicted molar refractivity (Wildman–Crippen MR) is 123 cm³/mol. The molecule has 0 aromatic carbocycles. The number of hydrogen-bond donors (Lipinski definition) is 1. The minimum absolute atomic E-state index is 0.313. The van der Waals surface area contributed by atoms with E-state index in [1.54, 1.807) is 4.88 Å². The highest BCUT2D eigenvalue weighted by Gasteiger charge is 2.25. The maximum atomic E-state index is 6.17. The Balaban J connectivity index is 1.17. The molecule has 2 unspecified atom stereocenters. The maximum absolute atomic E-state index is 6.17. The van der Waals surface area contributed by atoms with Gasteiger partial charge in [0.1, 0.15) is 0 Å². The molecular formula is C23H38N4O2S. The standard InChI is InChI=1S/C23H38N4O2S/c1-18(27-12-8-22-19(16-27)9-14-30-22)15-25-23(24-2)26-10-6-20(7-11-26)29-17-21-5-3-4-13-28-21/h9,14,18,20-21H,3-8,10-13,15-17H2,1-2H3,(H,24,25). The summed E-state index contributed by atoms with van der Waals surface area (Å²) in [6.45, 7) is 9.16. The van der Waals surface area contributed by atoms with Crippen LogP contribution in [0.4, 0.5) is 0 Å². The second-order valence-electron chi connectivity index (χ2n) is 8.87. The third-order valence-corrected chi connectivity index (χ3v) is 7.78. The van der Waals surface area contributed by atoms with Crippen molar-refractivity contribution < 1.29 is 9.47 Å². The smallest absolute Gasteiger partial charge is 0.193 e. The third kappa shape index (κ3) is 5.75. The van der Waals surface area contributed by atoms with Gasteiger partial charge in [-0.25, -0.2) is 0 Å². The second kappa shape index (κ2) is 10.9. The van der Waals surface area contributed by atoms with Gasteiger partial charge < -0.3 is 19.7 Å². The van der Waals surface area contributed by atoms with Crippen molar-refractivity contribution >= 4 is 17.3 Å². The van der Waals surface area contributed by atoms with Gasteiger partial charge in [0.25, 0.3) is 0 Å². The zero-order valence-electron chi connectivity index (χ0n) is 18.6. The number of ether oxygens (including phenoxy) is 2. The summed E-state index contributed by atoms with van der Waals surface area (Å²) in [5, 5.41) is 5.86. The van der Waals surface area contributed by atoms with Crippen LogP contribution in [0, 0.1) is 0 Å². The summed E-state index contributed by atoms with van der Waals surface area (Å²) in [5.41, 5.74) is 1.52. The molecule has 6 nitrogen and oxygen atoms in total. The van der Waals surface area contributed by atoms with E-state index in [9.17, 15) is 0 Å². The first-order chi connectivity index (χ1) is 14.7. The normalized spacial score (nSPS) is 25.2. The van der Waals surface area contributed by atoms with Gasteiger partial charge in [0.05, 0.1) is 18.8 Å². The first-order valence-corrected chi connectivity index (χ1v) is 12.6. The van der Waals surface area contributed by atoms with Gasteiger partial charge in [0.15, 0.2) is 5.96 Å². The van der Waals surface area contributed by atoms with Crippen molar-refractivity contribution in [2.45, 2.75) is 70.2 Å². The summed E-state index contributed by atoms with van der Waals surface area (Å²) < 4.78 is 12.0. The molecule has 1 aromatic heterocycles. The van der Waals surface area contributed by atoms with Gasteiger partial charge in [0, 0.05) is 57.3 Å². The minimum atomic E-state index is 0.313. The van der Waals surface area contributed by atoms with Crippen molar-refractivity contribution in [2.75, 3.05) is 46.4 Å². The lowest BCUT2D eigenvalue weighted by Crippen LogP contribution is -2.51. The molecule has 1 N–H and O–H groups in total. The third-order valence-electron chi connectivity index (χ3n) is 6.76. The van der Waals surface area contributed by atoms with Gasteiger partial charge in [-0.2, -0.15) is 0 Å². The van der Waals surface area contributed by atoms with E-state index < -0.39 is 0 Å². The monoisotopic (exact) mass is 434 g/mol. The van der Waals surface area contributed by atoms with Gasteiger partial charge >= 0.3 is 0 Å².